The minimum atomic E-state index is -0.343. The van der Waals surface area contributed by atoms with Gasteiger partial charge in [-0.1, -0.05) is 18.2 Å². The van der Waals surface area contributed by atoms with Crippen LogP contribution in [0.15, 0.2) is 46.9 Å². The molecule has 2 amide bonds. The topological polar surface area (TPSA) is 71.8 Å². The first-order valence-corrected chi connectivity index (χ1v) is 7.28. The minimum Gasteiger partial charge on any atom is -0.484 e. The second kappa shape index (κ2) is 8.03. The lowest BCUT2D eigenvalue weighted by atomic mass is 10.3. The van der Waals surface area contributed by atoms with Crippen molar-refractivity contribution in [2.24, 2.45) is 0 Å². The summed E-state index contributed by atoms with van der Waals surface area (Å²) in [5, 5.41) is 2.54. The van der Waals surface area contributed by atoms with Crippen LogP contribution in [0.25, 0.3) is 0 Å². The predicted octanol–water partition coefficient (Wildman–Crippen LogP) is 1.74. The van der Waals surface area contributed by atoms with Gasteiger partial charge in [0.2, 0.25) is 5.91 Å². The molecule has 0 fully saturated rings. The van der Waals surface area contributed by atoms with E-state index in [-0.39, 0.29) is 25.0 Å². The van der Waals surface area contributed by atoms with E-state index < -0.39 is 0 Å². The van der Waals surface area contributed by atoms with Crippen LogP contribution in [0, 0.1) is 6.92 Å². The molecule has 2 rings (SSSR count). The summed E-state index contributed by atoms with van der Waals surface area (Å²) in [5.41, 5.74) is 0. The highest BCUT2D eigenvalue weighted by Gasteiger charge is 2.12. The van der Waals surface area contributed by atoms with Gasteiger partial charge in [0.15, 0.2) is 6.61 Å². The standard InChI is InChI=1S/C17H20N2O4/c1-13-8-9-15(23-13)11-19(2)17(21)10-18-16(20)12-22-14-6-4-3-5-7-14/h3-9H,10-12H2,1-2H3,(H,18,20). The van der Waals surface area contributed by atoms with Gasteiger partial charge in [-0.3, -0.25) is 9.59 Å². The van der Waals surface area contributed by atoms with Gasteiger partial charge in [0.25, 0.3) is 5.91 Å². The van der Waals surface area contributed by atoms with Crippen LogP contribution in [-0.2, 0) is 16.1 Å². The Morgan fingerprint density at radius 3 is 2.57 bits per heavy atom. The molecule has 1 aromatic heterocycles. The van der Waals surface area contributed by atoms with E-state index in [1.807, 2.05) is 37.3 Å². The summed E-state index contributed by atoms with van der Waals surface area (Å²) in [6.07, 6.45) is 0. The molecule has 2 aromatic rings. The zero-order valence-electron chi connectivity index (χ0n) is 13.2. The highest BCUT2D eigenvalue weighted by molar-refractivity contribution is 5.85. The Kier molecular flexibility index (Phi) is 5.80. The van der Waals surface area contributed by atoms with Crippen LogP contribution in [0.4, 0.5) is 0 Å². The first-order chi connectivity index (χ1) is 11.0. The van der Waals surface area contributed by atoms with Crippen molar-refractivity contribution in [2.45, 2.75) is 13.5 Å². The van der Waals surface area contributed by atoms with Gasteiger partial charge >= 0.3 is 0 Å². The van der Waals surface area contributed by atoms with Crippen molar-refractivity contribution in [1.29, 1.82) is 0 Å². The number of nitrogens with one attached hydrogen (secondary N) is 1. The molecular formula is C17H20N2O4. The Hall–Kier alpha value is -2.76. The molecule has 1 N–H and O–H groups in total. The first-order valence-electron chi connectivity index (χ1n) is 7.28. The Bertz CT molecular complexity index is 652. The third-order valence-corrected chi connectivity index (χ3v) is 3.16. The van der Waals surface area contributed by atoms with Crippen molar-refractivity contribution in [1.82, 2.24) is 10.2 Å². The fourth-order valence-electron chi connectivity index (χ4n) is 1.92. The van der Waals surface area contributed by atoms with Gasteiger partial charge in [-0.25, -0.2) is 0 Å². The quantitative estimate of drug-likeness (QED) is 0.844. The van der Waals surface area contributed by atoms with Crippen LogP contribution in [0.3, 0.4) is 0 Å². The Balaban J connectivity index is 1.69. The molecule has 0 atom stereocenters. The zero-order chi connectivity index (χ0) is 16.7. The predicted molar refractivity (Wildman–Crippen MR) is 84.9 cm³/mol. The van der Waals surface area contributed by atoms with Crippen LogP contribution >= 0.6 is 0 Å². The number of likely N-dealkylation sites (N-methyl/N-ethyl adjacent to an activating group) is 1. The number of hydrogen-bond acceptors (Lipinski definition) is 4. The lowest BCUT2D eigenvalue weighted by Gasteiger charge is -2.16. The molecule has 0 aliphatic rings. The maximum atomic E-state index is 12.0. The summed E-state index contributed by atoms with van der Waals surface area (Å²) in [6.45, 7) is 2.01. The number of rotatable bonds is 7. The third kappa shape index (κ3) is 5.50. The molecule has 6 nitrogen and oxygen atoms in total. The molecule has 0 aliphatic carbocycles. The largest absolute Gasteiger partial charge is 0.484 e. The molecule has 0 saturated heterocycles. The Morgan fingerprint density at radius 2 is 1.91 bits per heavy atom. The van der Waals surface area contributed by atoms with E-state index in [2.05, 4.69) is 5.32 Å². The molecule has 1 heterocycles. The van der Waals surface area contributed by atoms with E-state index in [9.17, 15) is 9.59 Å². The smallest absolute Gasteiger partial charge is 0.258 e. The van der Waals surface area contributed by atoms with Gasteiger partial charge in [-0.15, -0.1) is 0 Å². The fourth-order valence-corrected chi connectivity index (χ4v) is 1.92. The molecule has 0 aliphatic heterocycles. The molecule has 1 aromatic carbocycles. The highest BCUT2D eigenvalue weighted by Crippen LogP contribution is 2.09. The van der Waals surface area contributed by atoms with Crippen LogP contribution < -0.4 is 10.1 Å². The fraction of sp³-hybridized carbons (Fsp3) is 0.294. The number of nitrogens with zero attached hydrogens (tertiary/aromatic N) is 1. The Morgan fingerprint density at radius 1 is 1.17 bits per heavy atom. The van der Waals surface area contributed by atoms with Gasteiger partial charge in [-0.2, -0.15) is 0 Å². The second-order valence-corrected chi connectivity index (χ2v) is 5.14. The number of para-hydroxylation sites is 1. The molecule has 23 heavy (non-hydrogen) atoms. The van der Waals surface area contributed by atoms with E-state index >= 15 is 0 Å². The summed E-state index contributed by atoms with van der Waals surface area (Å²) in [4.78, 5) is 25.1. The van der Waals surface area contributed by atoms with E-state index in [4.69, 9.17) is 9.15 Å². The second-order valence-electron chi connectivity index (χ2n) is 5.14. The number of hydrogen-bond donors (Lipinski definition) is 1. The number of furan rings is 1. The Labute approximate surface area is 135 Å². The number of ether oxygens (including phenoxy) is 1. The maximum Gasteiger partial charge on any atom is 0.258 e. The van der Waals surface area contributed by atoms with E-state index in [0.29, 0.717) is 18.1 Å². The number of benzene rings is 1. The molecule has 122 valence electrons. The van der Waals surface area contributed by atoms with Crippen LogP contribution in [0.5, 0.6) is 5.75 Å². The van der Waals surface area contributed by atoms with Crippen LogP contribution in [-0.4, -0.2) is 36.9 Å². The average molecular weight is 316 g/mol. The maximum absolute atomic E-state index is 12.0. The van der Waals surface area contributed by atoms with E-state index in [0.717, 1.165) is 5.76 Å². The number of carbonyl (C=O) groups excluding carboxylic acids is 2. The van der Waals surface area contributed by atoms with Crippen molar-refractivity contribution < 1.29 is 18.7 Å². The molecule has 0 saturated carbocycles. The summed E-state index contributed by atoms with van der Waals surface area (Å²) in [5.74, 6) is 1.57. The van der Waals surface area contributed by atoms with Crippen molar-refractivity contribution in [2.75, 3.05) is 20.2 Å². The van der Waals surface area contributed by atoms with Gasteiger partial charge in [0.1, 0.15) is 17.3 Å². The molecule has 0 bridgehead atoms. The van der Waals surface area contributed by atoms with Gasteiger partial charge in [0.05, 0.1) is 13.1 Å². The van der Waals surface area contributed by atoms with Gasteiger partial charge < -0.3 is 19.4 Å². The summed E-state index contributed by atoms with van der Waals surface area (Å²) >= 11 is 0. The minimum absolute atomic E-state index is 0.0762. The van der Waals surface area contributed by atoms with Crippen molar-refractivity contribution in [3.05, 3.63) is 54.0 Å². The molecule has 6 heteroatoms. The monoisotopic (exact) mass is 316 g/mol. The molecular weight excluding hydrogens is 296 g/mol. The molecule has 0 spiro atoms. The highest BCUT2D eigenvalue weighted by atomic mass is 16.5. The zero-order valence-corrected chi connectivity index (χ0v) is 13.2. The third-order valence-electron chi connectivity index (χ3n) is 3.16. The average Bonchev–Trinajstić information content (AvgIpc) is 2.96. The summed E-state index contributed by atoms with van der Waals surface area (Å²) in [7, 11) is 1.66. The van der Waals surface area contributed by atoms with Gasteiger partial charge in [0, 0.05) is 7.05 Å². The summed E-state index contributed by atoms with van der Waals surface area (Å²) in [6, 6.07) is 12.7. The van der Waals surface area contributed by atoms with E-state index in [1.165, 1.54) is 4.90 Å². The SMILES string of the molecule is Cc1ccc(CN(C)C(=O)CNC(=O)COc2ccccc2)o1. The van der Waals surface area contributed by atoms with Crippen molar-refractivity contribution >= 4 is 11.8 Å². The lowest BCUT2D eigenvalue weighted by Crippen LogP contribution is -2.39. The number of carbonyl (C=O) groups is 2. The molecule has 0 radical (unpaired) electrons. The lowest BCUT2D eigenvalue weighted by molar-refractivity contribution is -0.132. The number of aryl methyl sites for hydroxylation is 1. The van der Waals surface area contributed by atoms with Crippen molar-refractivity contribution in [3.8, 4) is 5.75 Å². The normalized spacial score (nSPS) is 10.2. The first kappa shape index (κ1) is 16.6. The van der Waals surface area contributed by atoms with Crippen LogP contribution in [0.1, 0.15) is 11.5 Å². The number of amides is 2. The van der Waals surface area contributed by atoms with Crippen molar-refractivity contribution in [3.63, 3.8) is 0 Å². The molecule has 0 unspecified atom stereocenters. The van der Waals surface area contributed by atoms with Gasteiger partial charge in [-0.05, 0) is 31.2 Å². The van der Waals surface area contributed by atoms with E-state index in [1.54, 1.807) is 19.2 Å². The van der Waals surface area contributed by atoms with Crippen LogP contribution in [0.2, 0.25) is 0 Å². The summed E-state index contributed by atoms with van der Waals surface area (Å²) < 4.78 is 10.7.